The second-order valence-corrected chi connectivity index (χ2v) is 5.34. The lowest BCUT2D eigenvalue weighted by Gasteiger charge is -2.31. The van der Waals surface area contributed by atoms with Gasteiger partial charge in [-0.05, 0) is 25.7 Å². The number of nitrogens with two attached hydrogens (primary N) is 1. The van der Waals surface area contributed by atoms with Crippen molar-refractivity contribution in [2.45, 2.75) is 47.6 Å². The Morgan fingerprint density at radius 3 is 2.00 bits per heavy atom. The van der Waals surface area contributed by atoms with Crippen LogP contribution in [0.5, 0.6) is 0 Å². The van der Waals surface area contributed by atoms with E-state index in [1.165, 1.54) is 0 Å². The molecule has 0 heterocycles. The second kappa shape index (κ2) is 7.49. The molecule has 0 atom stereocenters. The van der Waals surface area contributed by atoms with Gasteiger partial charge in [-0.3, -0.25) is 10.4 Å². The Morgan fingerprint density at radius 2 is 1.69 bits per heavy atom. The summed E-state index contributed by atoms with van der Waals surface area (Å²) in [4.78, 5) is 6.74. The summed E-state index contributed by atoms with van der Waals surface area (Å²) in [5.41, 5.74) is 2.72. The normalized spacial score (nSPS) is 12.8. The fourth-order valence-electron chi connectivity index (χ4n) is 1.42. The number of guanidine groups is 1. The van der Waals surface area contributed by atoms with Gasteiger partial charge in [-0.15, -0.1) is 0 Å². The van der Waals surface area contributed by atoms with Crippen molar-refractivity contribution >= 4 is 5.96 Å². The summed E-state index contributed by atoms with van der Waals surface area (Å²) in [6.45, 7) is 14.8. The van der Waals surface area contributed by atoms with Crippen LogP contribution in [0.25, 0.3) is 0 Å². The first-order valence-electron chi connectivity index (χ1n) is 6.16. The SMILES string of the molecule is CC(C)CN=C(NN)N(CC(C)C)C(C)C. The zero-order valence-corrected chi connectivity index (χ0v) is 11.6. The van der Waals surface area contributed by atoms with E-state index in [1.807, 2.05) is 0 Å². The van der Waals surface area contributed by atoms with Crippen LogP contribution in [0.3, 0.4) is 0 Å². The molecule has 0 unspecified atom stereocenters. The van der Waals surface area contributed by atoms with Gasteiger partial charge in [0, 0.05) is 19.1 Å². The number of hydrogen-bond donors (Lipinski definition) is 2. The first kappa shape index (κ1) is 15.2. The Hall–Kier alpha value is -0.770. The molecule has 0 fully saturated rings. The maximum atomic E-state index is 5.55. The monoisotopic (exact) mass is 228 g/mol. The van der Waals surface area contributed by atoms with E-state index >= 15 is 0 Å². The average Bonchev–Trinajstić information content (AvgIpc) is 2.15. The standard InChI is InChI=1S/C12H28N4/c1-9(2)7-14-12(15-13)16(11(5)6)8-10(3)4/h9-11H,7-8,13H2,1-6H3,(H,14,15). The predicted molar refractivity (Wildman–Crippen MR) is 71.1 cm³/mol. The Balaban J connectivity index is 4.63. The van der Waals surface area contributed by atoms with E-state index in [0.717, 1.165) is 19.0 Å². The summed E-state index contributed by atoms with van der Waals surface area (Å²) in [5, 5.41) is 0. The van der Waals surface area contributed by atoms with Crippen LogP contribution in [0.4, 0.5) is 0 Å². The maximum absolute atomic E-state index is 5.55. The van der Waals surface area contributed by atoms with E-state index < -0.39 is 0 Å². The lowest BCUT2D eigenvalue weighted by atomic mass is 10.2. The van der Waals surface area contributed by atoms with Crippen molar-refractivity contribution in [1.29, 1.82) is 0 Å². The summed E-state index contributed by atoms with van der Waals surface area (Å²) in [6, 6.07) is 0.407. The number of hydrazine groups is 1. The van der Waals surface area contributed by atoms with Gasteiger partial charge < -0.3 is 4.90 Å². The third kappa shape index (κ3) is 5.95. The van der Waals surface area contributed by atoms with Crippen LogP contribution in [-0.4, -0.2) is 30.0 Å². The third-order valence-corrected chi connectivity index (χ3v) is 2.19. The highest BCUT2D eigenvalue weighted by atomic mass is 15.4. The topological polar surface area (TPSA) is 53.6 Å². The third-order valence-electron chi connectivity index (χ3n) is 2.19. The molecule has 0 aromatic rings. The molecule has 0 bridgehead atoms. The Labute approximate surface area is 100 Å². The van der Waals surface area contributed by atoms with E-state index in [0.29, 0.717) is 17.9 Å². The lowest BCUT2D eigenvalue weighted by Crippen LogP contribution is -2.49. The minimum Gasteiger partial charge on any atom is -0.339 e. The summed E-state index contributed by atoms with van der Waals surface area (Å²) >= 11 is 0. The Morgan fingerprint density at radius 1 is 1.12 bits per heavy atom. The molecule has 4 heteroatoms. The van der Waals surface area contributed by atoms with Gasteiger partial charge in [0.15, 0.2) is 0 Å². The van der Waals surface area contributed by atoms with Gasteiger partial charge >= 0.3 is 0 Å². The van der Waals surface area contributed by atoms with Crippen molar-refractivity contribution in [2.24, 2.45) is 22.7 Å². The number of nitrogens with zero attached hydrogens (tertiary/aromatic N) is 2. The smallest absolute Gasteiger partial charge is 0.208 e. The largest absolute Gasteiger partial charge is 0.339 e. The lowest BCUT2D eigenvalue weighted by molar-refractivity contribution is 0.300. The summed E-state index contributed by atoms with van der Waals surface area (Å²) < 4.78 is 0. The van der Waals surface area contributed by atoms with Crippen LogP contribution >= 0.6 is 0 Å². The fraction of sp³-hybridized carbons (Fsp3) is 0.917. The minimum absolute atomic E-state index is 0.407. The van der Waals surface area contributed by atoms with Crippen LogP contribution in [0, 0.1) is 11.8 Å². The Bertz CT molecular complexity index is 209. The molecule has 0 aliphatic rings. The average molecular weight is 228 g/mol. The molecule has 16 heavy (non-hydrogen) atoms. The fourth-order valence-corrected chi connectivity index (χ4v) is 1.42. The Kier molecular flexibility index (Phi) is 7.13. The van der Waals surface area contributed by atoms with Gasteiger partial charge in [-0.25, -0.2) is 5.84 Å². The van der Waals surface area contributed by atoms with Crippen LogP contribution < -0.4 is 11.3 Å². The van der Waals surface area contributed by atoms with E-state index in [-0.39, 0.29) is 0 Å². The maximum Gasteiger partial charge on any atom is 0.208 e. The molecular weight excluding hydrogens is 200 g/mol. The number of nitrogens with one attached hydrogen (secondary N) is 1. The van der Waals surface area contributed by atoms with Crippen LogP contribution in [0.1, 0.15) is 41.5 Å². The van der Waals surface area contributed by atoms with Crippen molar-refractivity contribution in [3.8, 4) is 0 Å². The van der Waals surface area contributed by atoms with Gasteiger partial charge in [-0.2, -0.15) is 0 Å². The molecule has 0 amide bonds. The minimum atomic E-state index is 0.407. The van der Waals surface area contributed by atoms with Gasteiger partial charge in [0.05, 0.1) is 0 Å². The van der Waals surface area contributed by atoms with E-state index in [2.05, 4.69) is 56.9 Å². The molecule has 0 aliphatic heterocycles. The van der Waals surface area contributed by atoms with Gasteiger partial charge in [0.1, 0.15) is 0 Å². The molecule has 0 spiro atoms. The first-order chi connectivity index (χ1) is 7.38. The van der Waals surface area contributed by atoms with Crippen molar-refractivity contribution in [3.63, 3.8) is 0 Å². The molecule has 0 aliphatic carbocycles. The molecule has 0 aromatic heterocycles. The second-order valence-electron chi connectivity index (χ2n) is 5.34. The quantitative estimate of drug-likeness (QED) is 0.327. The molecule has 0 rings (SSSR count). The molecule has 96 valence electrons. The highest BCUT2D eigenvalue weighted by Crippen LogP contribution is 2.05. The van der Waals surface area contributed by atoms with Crippen molar-refractivity contribution in [1.82, 2.24) is 10.3 Å². The van der Waals surface area contributed by atoms with E-state index in [9.17, 15) is 0 Å². The van der Waals surface area contributed by atoms with Crippen LogP contribution in [-0.2, 0) is 0 Å². The van der Waals surface area contributed by atoms with Crippen molar-refractivity contribution in [3.05, 3.63) is 0 Å². The van der Waals surface area contributed by atoms with Gasteiger partial charge in [0.2, 0.25) is 5.96 Å². The predicted octanol–water partition coefficient (Wildman–Crippen LogP) is 1.83. The zero-order chi connectivity index (χ0) is 12.7. The first-order valence-corrected chi connectivity index (χ1v) is 6.16. The van der Waals surface area contributed by atoms with E-state index in [4.69, 9.17) is 5.84 Å². The highest BCUT2D eigenvalue weighted by Gasteiger charge is 2.15. The summed E-state index contributed by atoms with van der Waals surface area (Å²) in [6.07, 6.45) is 0. The molecule has 3 N–H and O–H groups in total. The molecule has 0 radical (unpaired) electrons. The van der Waals surface area contributed by atoms with Crippen molar-refractivity contribution < 1.29 is 0 Å². The van der Waals surface area contributed by atoms with Crippen LogP contribution in [0.15, 0.2) is 4.99 Å². The number of aliphatic imine (C=N–C) groups is 1. The number of rotatable bonds is 5. The molecule has 0 saturated heterocycles. The molecule has 4 nitrogen and oxygen atoms in total. The molecule has 0 saturated carbocycles. The van der Waals surface area contributed by atoms with Crippen LogP contribution in [0.2, 0.25) is 0 Å². The number of hydrogen-bond acceptors (Lipinski definition) is 2. The van der Waals surface area contributed by atoms with Gasteiger partial charge in [-0.1, -0.05) is 27.7 Å². The van der Waals surface area contributed by atoms with E-state index in [1.54, 1.807) is 0 Å². The summed E-state index contributed by atoms with van der Waals surface area (Å²) in [5.74, 6) is 7.50. The molecular formula is C12H28N4. The van der Waals surface area contributed by atoms with Gasteiger partial charge in [0.25, 0.3) is 0 Å². The highest BCUT2D eigenvalue weighted by molar-refractivity contribution is 5.79. The molecule has 0 aromatic carbocycles. The van der Waals surface area contributed by atoms with Crippen molar-refractivity contribution in [2.75, 3.05) is 13.1 Å². The zero-order valence-electron chi connectivity index (χ0n) is 11.6. The summed E-state index contributed by atoms with van der Waals surface area (Å²) in [7, 11) is 0.